The molecule has 0 radical (unpaired) electrons. The van der Waals surface area contributed by atoms with E-state index >= 15 is 0 Å². The zero-order valence-corrected chi connectivity index (χ0v) is 14.3. The number of ether oxygens (including phenoxy) is 2. The zero-order chi connectivity index (χ0) is 15.8. The van der Waals surface area contributed by atoms with Gasteiger partial charge in [0.1, 0.15) is 6.10 Å². The lowest BCUT2D eigenvalue weighted by Crippen LogP contribution is -2.46. The van der Waals surface area contributed by atoms with E-state index in [0.717, 1.165) is 25.3 Å². The van der Waals surface area contributed by atoms with E-state index in [0.29, 0.717) is 36.5 Å². The summed E-state index contributed by atoms with van der Waals surface area (Å²) in [5.74, 6) is 2.07. The van der Waals surface area contributed by atoms with Gasteiger partial charge >= 0.3 is 5.97 Å². The minimum Gasteiger partial charge on any atom is -0.462 e. The minimum absolute atomic E-state index is 0.00345. The summed E-state index contributed by atoms with van der Waals surface area (Å²) in [4.78, 5) is 11.5. The van der Waals surface area contributed by atoms with E-state index in [2.05, 4.69) is 12.2 Å². The van der Waals surface area contributed by atoms with Crippen molar-refractivity contribution >= 4 is 5.97 Å². The maximum Gasteiger partial charge on any atom is 0.306 e. The Kier molecular flexibility index (Phi) is 4.64. The fourth-order valence-electron chi connectivity index (χ4n) is 5.42. The van der Waals surface area contributed by atoms with Crippen LogP contribution in [0.2, 0.25) is 0 Å². The van der Waals surface area contributed by atoms with Gasteiger partial charge in [-0.05, 0) is 56.3 Å². The molecule has 23 heavy (non-hydrogen) atoms. The number of carbonyl (C=O) groups excluding carboxylic acids is 1. The summed E-state index contributed by atoms with van der Waals surface area (Å²) in [5, 5.41) is 3.74. The van der Waals surface area contributed by atoms with Crippen LogP contribution >= 0.6 is 0 Å². The van der Waals surface area contributed by atoms with Gasteiger partial charge in [-0.15, -0.1) is 0 Å². The SMILES string of the molecule is CC1C(CNC2CCC3CCC(=O)OC3C2)OC2CCCCC21. The van der Waals surface area contributed by atoms with E-state index in [1.54, 1.807) is 0 Å². The van der Waals surface area contributed by atoms with Crippen molar-refractivity contribution in [2.24, 2.45) is 17.8 Å². The minimum atomic E-state index is 0.00345. The van der Waals surface area contributed by atoms with Crippen molar-refractivity contribution in [3.05, 3.63) is 0 Å². The van der Waals surface area contributed by atoms with Gasteiger partial charge in [-0.25, -0.2) is 0 Å². The molecule has 1 N–H and O–H groups in total. The Morgan fingerprint density at radius 3 is 2.83 bits per heavy atom. The van der Waals surface area contributed by atoms with Crippen LogP contribution in [0, 0.1) is 17.8 Å². The van der Waals surface area contributed by atoms with E-state index in [1.165, 1.54) is 38.5 Å². The molecular weight excluding hydrogens is 290 g/mol. The lowest BCUT2D eigenvalue weighted by Gasteiger charge is -2.39. The molecule has 130 valence electrons. The fraction of sp³-hybridized carbons (Fsp3) is 0.947. The highest BCUT2D eigenvalue weighted by molar-refractivity contribution is 5.70. The highest BCUT2D eigenvalue weighted by Crippen LogP contribution is 2.41. The highest BCUT2D eigenvalue weighted by Gasteiger charge is 2.43. The van der Waals surface area contributed by atoms with Gasteiger partial charge in [0.05, 0.1) is 12.2 Å². The molecule has 2 aliphatic heterocycles. The average molecular weight is 321 g/mol. The number of nitrogens with one attached hydrogen (secondary N) is 1. The van der Waals surface area contributed by atoms with E-state index in [4.69, 9.17) is 9.47 Å². The van der Waals surface area contributed by atoms with Gasteiger partial charge in [0, 0.05) is 19.0 Å². The molecule has 7 atom stereocenters. The number of fused-ring (bicyclic) bond motifs is 2. The molecule has 0 amide bonds. The van der Waals surface area contributed by atoms with Gasteiger partial charge in [0.2, 0.25) is 0 Å². The molecule has 0 aromatic carbocycles. The summed E-state index contributed by atoms with van der Waals surface area (Å²) in [6.45, 7) is 3.34. The lowest BCUT2D eigenvalue weighted by molar-refractivity contribution is -0.161. The number of esters is 1. The summed E-state index contributed by atoms with van der Waals surface area (Å²) in [6.07, 6.45) is 11.4. The predicted octanol–water partition coefficient (Wildman–Crippen LogP) is 3.04. The summed E-state index contributed by atoms with van der Waals surface area (Å²) in [7, 11) is 0. The maximum atomic E-state index is 11.5. The van der Waals surface area contributed by atoms with Crippen LogP contribution in [0.1, 0.15) is 64.7 Å². The lowest BCUT2D eigenvalue weighted by atomic mass is 9.78. The Morgan fingerprint density at radius 1 is 1.09 bits per heavy atom. The van der Waals surface area contributed by atoms with E-state index in [9.17, 15) is 4.79 Å². The maximum absolute atomic E-state index is 11.5. The van der Waals surface area contributed by atoms with Gasteiger partial charge < -0.3 is 14.8 Å². The predicted molar refractivity (Wildman–Crippen MR) is 88.0 cm³/mol. The molecule has 2 aliphatic carbocycles. The van der Waals surface area contributed by atoms with Crippen molar-refractivity contribution in [2.45, 2.75) is 89.1 Å². The third kappa shape index (κ3) is 3.30. The first-order chi connectivity index (χ1) is 11.2. The summed E-state index contributed by atoms with van der Waals surface area (Å²) >= 11 is 0. The average Bonchev–Trinajstić information content (AvgIpc) is 2.89. The zero-order valence-electron chi connectivity index (χ0n) is 14.3. The standard InChI is InChI=1S/C19H31NO3/c1-12-15-4-2-3-5-16(15)22-18(12)11-20-14-8-6-13-7-9-19(21)23-17(13)10-14/h12-18,20H,2-11H2,1H3. The second kappa shape index (κ2) is 6.72. The van der Waals surface area contributed by atoms with E-state index < -0.39 is 0 Å². The van der Waals surface area contributed by atoms with Crippen molar-refractivity contribution in [3.63, 3.8) is 0 Å². The van der Waals surface area contributed by atoms with Crippen LogP contribution in [0.3, 0.4) is 0 Å². The number of hydrogen-bond acceptors (Lipinski definition) is 4. The molecule has 0 bridgehead atoms. The second-order valence-corrected chi connectivity index (χ2v) is 8.27. The van der Waals surface area contributed by atoms with Crippen LogP contribution in [0.15, 0.2) is 0 Å². The van der Waals surface area contributed by atoms with Crippen LogP contribution in [0.25, 0.3) is 0 Å². The molecule has 2 saturated carbocycles. The van der Waals surface area contributed by atoms with Crippen molar-refractivity contribution in [1.29, 1.82) is 0 Å². The molecule has 4 rings (SSSR count). The van der Waals surface area contributed by atoms with Gasteiger partial charge in [-0.1, -0.05) is 19.8 Å². The Labute approximate surface area is 139 Å². The van der Waals surface area contributed by atoms with Gasteiger partial charge in [0.15, 0.2) is 0 Å². The summed E-state index contributed by atoms with van der Waals surface area (Å²) in [6, 6.07) is 0.487. The summed E-state index contributed by atoms with van der Waals surface area (Å²) in [5.41, 5.74) is 0. The number of carbonyl (C=O) groups is 1. The Bertz CT molecular complexity index is 440. The quantitative estimate of drug-likeness (QED) is 0.812. The van der Waals surface area contributed by atoms with Crippen molar-refractivity contribution in [3.8, 4) is 0 Å². The number of hydrogen-bond donors (Lipinski definition) is 1. The van der Waals surface area contributed by atoms with Gasteiger partial charge in [0.25, 0.3) is 0 Å². The summed E-state index contributed by atoms with van der Waals surface area (Å²) < 4.78 is 11.9. The van der Waals surface area contributed by atoms with Crippen LogP contribution in [0.4, 0.5) is 0 Å². The van der Waals surface area contributed by atoms with Crippen molar-refractivity contribution in [1.82, 2.24) is 5.32 Å². The first-order valence-electron chi connectivity index (χ1n) is 9.79. The molecule has 4 nitrogen and oxygen atoms in total. The molecule has 0 aromatic heterocycles. The van der Waals surface area contributed by atoms with Crippen LogP contribution in [-0.2, 0) is 14.3 Å². The normalized spacial score (nSPS) is 46.8. The Morgan fingerprint density at radius 2 is 1.96 bits per heavy atom. The first kappa shape index (κ1) is 15.9. The topological polar surface area (TPSA) is 47.6 Å². The van der Waals surface area contributed by atoms with Crippen LogP contribution < -0.4 is 5.32 Å². The Hall–Kier alpha value is -0.610. The van der Waals surface area contributed by atoms with Crippen LogP contribution in [0.5, 0.6) is 0 Å². The molecule has 4 aliphatic rings. The smallest absolute Gasteiger partial charge is 0.306 e. The van der Waals surface area contributed by atoms with Crippen molar-refractivity contribution in [2.75, 3.05) is 6.54 Å². The van der Waals surface area contributed by atoms with Gasteiger partial charge in [-0.2, -0.15) is 0 Å². The molecule has 7 unspecified atom stereocenters. The molecule has 4 heteroatoms. The molecule has 0 aromatic rings. The van der Waals surface area contributed by atoms with E-state index in [1.807, 2.05) is 0 Å². The first-order valence-corrected chi connectivity index (χ1v) is 9.79. The number of rotatable bonds is 3. The van der Waals surface area contributed by atoms with Crippen LogP contribution in [-0.4, -0.2) is 36.9 Å². The monoisotopic (exact) mass is 321 g/mol. The molecule has 2 saturated heterocycles. The largest absolute Gasteiger partial charge is 0.462 e. The third-order valence-electron chi connectivity index (χ3n) is 6.90. The Balaban J connectivity index is 1.27. The third-order valence-corrected chi connectivity index (χ3v) is 6.90. The highest BCUT2D eigenvalue weighted by atomic mass is 16.5. The van der Waals surface area contributed by atoms with E-state index in [-0.39, 0.29) is 12.1 Å². The molecule has 0 spiro atoms. The second-order valence-electron chi connectivity index (χ2n) is 8.27. The molecule has 4 fully saturated rings. The molecular formula is C19H31NO3. The van der Waals surface area contributed by atoms with Gasteiger partial charge in [-0.3, -0.25) is 4.79 Å². The van der Waals surface area contributed by atoms with Crippen molar-refractivity contribution < 1.29 is 14.3 Å². The fourth-order valence-corrected chi connectivity index (χ4v) is 5.42. The molecule has 2 heterocycles.